The third-order valence-electron chi connectivity index (χ3n) is 1.94. The molecule has 0 aliphatic rings. The first-order chi connectivity index (χ1) is 6.74. The Labute approximate surface area is 84.9 Å². The number of aliphatic hydroxyl groups excluding tert-OH is 1. The predicted molar refractivity (Wildman–Crippen MR) is 55.9 cm³/mol. The zero-order chi connectivity index (χ0) is 10.4. The first-order valence-electron chi connectivity index (χ1n) is 5.06. The summed E-state index contributed by atoms with van der Waals surface area (Å²) in [6, 6.07) is 2.01. The smallest absolute Gasteiger partial charge is 0.0556 e. The SMILES string of the molecule is CC(C)Cn1nccc1CNCCO. The molecule has 0 bridgehead atoms. The quantitative estimate of drug-likeness (QED) is 0.657. The van der Waals surface area contributed by atoms with E-state index in [4.69, 9.17) is 5.11 Å². The van der Waals surface area contributed by atoms with E-state index in [9.17, 15) is 0 Å². The van der Waals surface area contributed by atoms with Gasteiger partial charge in [-0.2, -0.15) is 5.10 Å². The minimum absolute atomic E-state index is 0.179. The van der Waals surface area contributed by atoms with Crippen LogP contribution in [-0.4, -0.2) is 28.0 Å². The Morgan fingerprint density at radius 1 is 1.57 bits per heavy atom. The summed E-state index contributed by atoms with van der Waals surface area (Å²) in [4.78, 5) is 0. The van der Waals surface area contributed by atoms with Gasteiger partial charge in [0.05, 0.1) is 12.3 Å². The van der Waals surface area contributed by atoms with Crippen LogP contribution in [0.3, 0.4) is 0 Å². The summed E-state index contributed by atoms with van der Waals surface area (Å²) in [6.45, 7) is 6.88. The molecule has 80 valence electrons. The first kappa shape index (κ1) is 11.2. The lowest BCUT2D eigenvalue weighted by Gasteiger charge is -2.10. The Bertz CT molecular complexity index is 258. The average Bonchev–Trinajstić information content (AvgIpc) is 2.52. The van der Waals surface area contributed by atoms with Crippen LogP contribution >= 0.6 is 0 Å². The molecule has 1 aromatic rings. The van der Waals surface area contributed by atoms with Crippen molar-refractivity contribution >= 4 is 0 Å². The molecule has 0 amide bonds. The molecule has 0 fully saturated rings. The summed E-state index contributed by atoms with van der Waals surface area (Å²) in [6.07, 6.45) is 1.82. The van der Waals surface area contributed by atoms with E-state index < -0.39 is 0 Å². The second-order valence-electron chi connectivity index (χ2n) is 3.80. The van der Waals surface area contributed by atoms with Gasteiger partial charge in [-0.25, -0.2) is 0 Å². The minimum Gasteiger partial charge on any atom is -0.395 e. The van der Waals surface area contributed by atoms with E-state index in [2.05, 4.69) is 24.3 Å². The fraction of sp³-hybridized carbons (Fsp3) is 0.700. The fourth-order valence-electron chi connectivity index (χ4n) is 1.32. The van der Waals surface area contributed by atoms with Crippen molar-refractivity contribution in [1.82, 2.24) is 15.1 Å². The molecule has 14 heavy (non-hydrogen) atoms. The van der Waals surface area contributed by atoms with Gasteiger partial charge in [0, 0.05) is 25.8 Å². The average molecular weight is 197 g/mol. The first-order valence-corrected chi connectivity index (χ1v) is 5.06. The Balaban J connectivity index is 2.45. The highest BCUT2D eigenvalue weighted by atomic mass is 16.3. The number of hydrogen-bond acceptors (Lipinski definition) is 3. The lowest BCUT2D eigenvalue weighted by atomic mass is 10.2. The molecular weight excluding hydrogens is 178 g/mol. The van der Waals surface area contributed by atoms with Gasteiger partial charge >= 0.3 is 0 Å². The third kappa shape index (κ3) is 3.47. The van der Waals surface area contributed by atoms with Crippen molar-refractivity contribution in [3.8, 4) is 0 Å². The Morgan fingerprint density at radius 2 is 2.36 bits per heavy atom. The molecule has 0 saturated carbocycles. The Kier molecular flexibility index (Phi) is 4.62. The van der Waals surface area contributed by atoms with Crippen LogP contribution in [0.15, 0.2) is 12.3 Å². The maximum atomic E-state index is 8.62. The van der Waals surface area contributed by atoms with Crippen molar-refractivity contribution in [2.24, 2.45) is 5.92 Å². The molecule has 0 spiro atoms. The van der Waals surface area contributed by atoms with Crippen molar-refractivity contribution in [2.45, 2.75) is 26.9 Å². The third-order valence-corrected chi connectivity index (χ3v) is 1.94. The molecule has 1 heterocycles. The van der Waals surface area contributed by atoms with Gasteiger partial charge in [-0.1, -0.05) is 13.8 Å². The Morgan fingerprint density at radius 3 is 3.00 bits per heavy atom. The second-order valence-corrected chi connectivity index (χ2v) is 3.80. The zero-order valence-corrected chi connectivity index (χ0v) is 8.90. The highest BCUT2D eigenvalue weighted by Crippen LogP contribution is 2.03. The molecule has 0 unspecified atom stereocenters. The van der Waals surface area contributed by atoms with Crippen molar-refractivity contribution in [1.29, 1.82) is 0 Å². The topological polar surface area (TPSA) is 50.1 Å². The number of hydrogen-bond donors (Lipinski definition) is 2. The molecule has 0 radical (unpaired) electrons. The molecule has 0 aromatic carbocycles. The van der Waals surface area contributed by atoms with E-state index in [-0.39, 0.29) is 6.61 Å². The van der Waals surface area contributed by atoms with Gasteiger partial charge in [0.1, 0.15) is 0 Å². The van der Waals surface area contributed by atoms with Gasteiger partial charge < -0.3 is 10.4 Å². The largest absolute Gasteiger partial charge is 0.395 e. The highest BCUT2D eigenvalue weighted by Gasteiger charge is 2.03. The maximum absolute atomic E-state index is 8.62. The summed E-state index contributed by atoms with van der Waals surface area (Å²) in [5.41, 5.74) is 1.17. The van der Waals surface area contributed by atoms with E-state index in [1.807, 2.05) is 16.9 Å². The zero-order valence-electron chi connectivity index (χ0n) is 8.90. The molecule has 0 aliphatic heterocycles. The van der Waals surface area contributed by atoms with Crippen LogP contribution in [0.5, 0.6) is 0 Å². The van der Waals surface area contributed by atoms with Crippen LogP contribution in [0.2, 0.25) is 0 Å². The molecule has 2 N–H and O–H groups in total. The number of aliphatic hydroxyl groups is 1. The van der Waals surface area contributed by atoms with Crippen LogP contribution in [-0.2, 0) is 13.1 Å². The maximum Gasteiger partial charge on any atom is 0.0556 e. The van der Waals surface area contributed by atoms with Crippen LogP contribution in [0.1, 0.15) is 19.5 Å². The molecule has 4 nitrogen and oxygen atoms in total. The van der Waals surface area contributed by atoms with E-state index in [0.717, 1.165) is 13.1 Å². The van der Waals surface area contributed by atoms with E-state index in [1.54, 1.807) is 0 Å². The van der Waals surface area contributed by atoms with Gasteiger partial charge in [0.15, 0.2) is 0 Å². The monoisotopic (exact) mass is 197 g/mol. The number of nitrogens with one attached hydrogen (secondary N) is 1. The van der Waals surface area contributed by atoms with Crippen molar-refractivity contribution in [2.75, 3.05) is 13.2 Å². The summed E-state index contributed by atoms with van der Waals surface area (Å²) in [7, 11) is 0. The second kappa shape index (κ2) is 5.78. The Hall–Kier alpha value is -0.870. The number of nitrogens with zero attached hydrogens (tertiary/aromatic N) is 2. The van der Waals surface area contributed by atoms with Crippen molar-refractivity contribution in [3.63, 3.8) is 0 Å². The van der Waals surface area contributed by atoms with E-state index >= 15 is 0 Å². The predicted octanol–water partition coefficient (Wildman–Crippen LogP) is 0.621. The van der Waals surface area contributed by atoms with E-state index in [1.165, 1.54) is 5.69 Å². The van der Waals surface area contributed by atoms with Gasteiger partial charge in [0.25, 0.3) is 0 Å². The normalized spacial score (nSPS) is 11.1. The standard InChI is InChI=1S/C10H19N3O/c1-9(2)8-13-10(3-4-12-13)7-11-5-6-14/h3-4,9,11,14H,5-8H2,1-2H3. The molecule has 4 heteroatoms. The van der Waals surface area contributed by atoms with Gasteiger partial charge in [-0.15, -0.1) is 0 Å². The van der Waals surface area contributed by atoms with Gasteiger partial charge in [0.2, 0.25) is 0 Å². The fourth-order valence-corrected chi connectivity index (χ4v) is 1.32. The molecule has 0 atom stereocenters. The lowest BCUT2D eigenvalue weighted by molar-refractivity contribution is 0.291. The van der Waals surface area contributed by atoms with Crippen LogP contribution < -0.4 is 5.32 Å². The van der Waals surface area contributed by atoms with Crippen LogP contribution in [0, 0.1) is 5.92 Å². The van der Waals surface area contributed by atoms with Crippen LogP contribution in [0.4, 0.5) is 0 Å². The molecule has 1 rings (SSSR count). The highest BCUT2D eigenvalue weighted by molar-refractivity contribution is 5.00. The van der Waals surface area contributed by atoms with Crippen LogP contribution in [0.25, 0.3) is 0 Å². The summed E-state index contributed by atoms with van der Waals surface area (Å²) in [5, 5.41) is 16.0. The van der Waals surface area contributed by atoms with Crippen molar-refractivity contribution in [3.05, 3.63) is 18.0 Å². The summed E-state index contributed by atoms with van der Waals surface area (Å²) < 4.78 is 2.01. The van der Waals surface area contributed by atoms with Crippen molar-refractivity contribution < 1.29 is 5.11 Å². The lowest BCUT2D eigenvalue weighted by Crippen LogP contribution is -2.20. The molecular formula is C10H19N3O. The molecule has 1 aromatic heterocycles. The minimum atomic E-state index is 0.179. The number of rotatable bonds is 6. The summed E-state index contributed by atoms with van der Waals surface area (Å²) >= 11 is 0. The van der Waals surface area contributed by atoms with E-state index in [0.29, 0.717) is 12.5 Å². The molecule has 0 aliphatic carbocycles. The van der Waals surface area contributed by atoms with Gasteiger partial charge in [-0.3, -0.25) is 4.68 Å². The molecule has 0 saturated heterocycles. The summed E-state index contributed by atoms with van der Waals surface area (Å²) in [5.74, 6) is 0.603. The van der Waals surface area contributed by atoms with Gasteiger partial charge in [-0.05, 0) is 12.0 Å². The number of aromatic nitrogens is 2.